The van der Waals surface area contributed by atoms with Crippen molar-refractivity contribution >= 4 is 71.1 Å². The van der Waals surface area contributed by atoms with E-state index in [1.807, 2.05) is 60.7 Å². The van der Waals surface area contributed by atoms with E-state index in [0.29, 0.717) is 23.4 Å². The maximum absolute atomic E-state index is 5.05. The second-order valence-electron chi connectivity index (χ2n) is 20.1. The molecule has 1 atom stereocenters. The average Bonchev–Trinajstić information content (AvgIpc) is 4.14. The molecule has 10 aromatic carbocycles. The molecule has 0 saturated heterocycles. The Bertz CT molecular complexity index is 4600. The second-order valence-corrected chi connectivity index (χ2v) is 20.1. The minimum atomic E-state index is 0.542. The van der Waals surface area contributed by atoms with Crippen LogP contribution in [0.25, 0.3) is 139 Å². The number of para-hydroxylation sites is 3. The molecular weight excluding hydrogens is 925 g/mol. The Labute approximate surface area is 439 Å². The molecule has 1 unspecified atom stereocenters. The van der Waals surface area contributed by atoms with Gasteiger partial charge in [-0.05, 0) is 138 Å². The van der Waals surface area contributed by atoms with Gasteiger partial charge in [-0.25, -0.2) is 15.0 Å². The molecule has 358 valence electrons. The molecule has 4 aromatic heterocycles. The predicted molar refractivity (Wildman–Crippen MR) is 316 cm³/mol. The molecule has 0 radical (unpaired) electrons. The quantitative estimate of drug-likeness (QED) is 0.152. The second kappa shape index (κ2) is 17.6. The van der Waals surface area contributed by atoms with Crippen LogP contribution >= 0.6 is 0 Å². The van der Waals surface area contributed by atoms with E-state index in [4.69, 9.17) is 15.0 Å². The number of benzene rings is 10. The van der Waals surface area contributed by atoms with Crippen LogP contribution in [-0.4, -0.2) is 28.7 Å². The summed E-state index contributed by atoms with van der Waals surface area (Å²) in [6.45, 7) is 2.28. The highest BCUT2D eigenvalue weighted by molar-refractivity contribution is 6.15. The standard InChI is InChI=1S/C70H48N6/c1-45-25-33-54(34-26-45)75-63-24-14-12-22-57(63)59-42-50(30-38-65(59)75)52-32-40-67-61(44-52)60-43-51(49-29-37-64-58(41-49)56-21-11-13-23-62(56)74(64)53-19-9-4-10-20-53)31-39-66(60)76(67)55-35-27-48(28-36-55)70-72-68(46-15-5-2-6-16-46)71-69(73-70)47-17-7-3-8-18-47/h2-25,27-45H,26H2,1H3. The Morgan fingerprint density at radius 2 is 0.658 bits per heavy atom. The fraction of sp³-hybridized carbons (Fsp3) is 0.0429. The SMILES string of the molecule is CC1C=CC(n2c3ccccc3c3cc(-c4ccc5c(c4)c4cc(-c6ccc7c(c6)c6ccccc6n7-c6ccccc6)ccc4n5-c4ccc(-c5nc(-c6ccccc6)nc(-c6ccccc6)n5)cc4)ccc32)=CC1. The van der Waals surface area contributed by atoms with E-state index in [2.05, 4.69) is 215 Å². The van der Waals surface area contributed by atoms with Crippen LogP contribution in [0.15, 0.2) is 255 Å². The Kier molecular flexibility index (Phi) is 10.1. The van der Waals surface area contributed by atoms with Gasteiger partial charge in [-0.3, -0.25) is 0 Å². The van der Waals surface area contributed by atoms with E-state index in [1.54, 1.807) is 0 Å². The van der Waals surface area contributed by atoms with Crippen molar-refractivity contribution in [3.05, 3.63) is 255 Å². The fourth-order valence-electron chi connectivity index (χ4n) is 11.7. The van der Waals surface area contributed by atoms with Crippen LogP contribution < -0.4 is 0 Å². The van der Waals surface area contributed by atoms with Crippen LogP contribution in [-0.2, 0) is 0 Å². The number of nitrogens with zero attached hydrogens (tertiary/aromatic N) is 6. The monoisotopic (exact) mass is 972 g/mol. The highest BCUT2D eigenvalue weighted by Gasteiger charge is 2.20. The summed E-state index contributed by atoms with van der Waals surface area (Å²) >= 11 is 0. The van der Waals surface area contributed by atoms with Crippen LogP contribution in [0.2, 0.25) is 0 Å². The van der Waals surface area contributed by atoms with Crippen LogP contribution in [0.4, 0.5) is 0 Å². The highest BCUT2D eigenvalue weighted by atomic mass is 15.0. The summed E-state index contributed by atoms with van der Waals surface area (Å²) in [6, 6.07) is 85.1. The van der Waals surface area contributed by atoms with Gasteiger partial charge in [-0.15, -0.1) is 0 Å². The van der Waals surface area contributed by atoms with Gasteiger partial charge in [0.05, 0.1) is 33.1 Å². The topological polar surface area (TPSA) is 53.5 Å². The molecule has 1 aliphatic carbocycles. The maximum atomic E-state index is 5.05. The third kappa shape index (κ3) is 7.21. The number of hydrogen-bond acceptors (Lipinski definition) is 3. The molecule has 0 aliphatic heterocycles. The summed E-state index contributed by atoms with van der Waals surface area (Å²) in [5, 5.41) is 7.35. The van der Waals surface area contributed by atoms with E-state index < -0.39 is 0 Å². The normalized spacial score (nSPS) is 13.7. The minimum Gasteiger partial charge on any atom is -0.310 e. The van der Waals surface area contributed by atoms with Crippen molar-refractivity contribution in [2.75, 3.05) is 0 Å². The lowest BCUT2D eigenvalue weighted by Crippen LogP contribution is -2.00. The Morgan fingerprint density at radius 1 is 0.316 bits per heavy atom. The molecule has 6 nitrogen and oxygen atoms in total. The first-order chi connectivity index (χ1) is 37.6. The van der Waals surface area contributed by atoms with E-state index in [9.17, 15) is 0 Å². The van der Waals surface area contributed by atoms with Crippen molar-refractivity contribution in [3.8, 4) is 67.8 Å². The molecule has 0 amide bonds. The molecule has 0 fully saturated rings. The number of allylic oxidation sites excluding steroid dienone is 4. The van der Waals surface area contributed by atoms with Crippen LogP contribution in [0.3, 0.4) is 0 Å². The largest absolute Gasteiger partial charge is 0.310 e. The Balaban J connectivity index is 0.892. The van der Waals surface area contributed by atoms with Crippen molar-refractivity contribution in [3.63, 3.8) is 0 Å². The number of rotatable bonds is 8. The van der Waals surface area contributed by atoms with Gasteiger partial charge in [0, 0.05) is 66.1 Å². The summed E-state index contributed by atoms with van der Waals surface area (Å²) in [5.41, 5.74) is 18.0. The van der Waals surface area contributed by atoms with E-state index in [0.717, 1.165) is 45.5 Å². The summed E-state index contributed by atoms with van der Waals surface area (Å²) in [5.74, 6) is 2.45. The van der Waals surface area contributed by atoms with E-state index in [-0.39, 0.29) is 0 Å². The number of hydrogen-bond donors (Lipinski definition) is 0. The van der Waals surface area contributed by atoms with Gasteiger partial charge >= 0.3 is 0 Å². The molecule has 4 heterocycles. The molecule has 0 N–H and O–H groups in total. The van der Waals surface area contributed by atoms with Crippen molar-refractivity contribution in [1.82, 2.24) is 28.7 Å². The number of fused-ring (bicyclic) bond motifs is 9. The minimum absolute atomic E-state index is 0.542. The van der Waals surface area contributed by atoms with Crippen molar-refractivity contribution < 1.29 is 0 Å². The Morgan fingerprint density at radius 3 is 1.11 bits per heavy atom. The van der Waals surface area contributed by atoms with Gasteiger partial charge in [-0.2, -0.15) is 0 Å². The first kappa shape index (κ1) is 43.7. The zero-order chi connectivity index (χ0) is 50.3. The third-order valence-electron chi connectivity index (χ3n) is 15.4. The first-order valence-corrected chi connectivity index (χ1v) is 26.2. The molecule has 0 bridgehead atoms. The zero-order valence-electron chi connectivity index (χ0n) is 41.7. The van der Waals surface area contributed by atoms with Crippen molar-refractivity contribution in [2.24, 2.45) is 5.92 Å². The first-order valence-electron chi connectivity index (χ1n) is 26.2. The summed E-state index contributed by atoms with van der Waals surface area (Å²) in [7, 11) is 0. The molecule has 6 heteroatoms. The van der Waals surface area contributed by atoms with Crippen LogP contribution in [0.1, 0.15) is 13.3 Å². The summed E-state index contributed by atoms with van der Waals surface area (Å²) < 4.78 is 7.21. The molecule has 15 rings (SSSR count). The average molecular weight is 973 g/mol. The molecule has 14 aromatic rings. The van der Waals surface area contributed by atoms with Crippen LogP contribution in [0, 0.1) is 5.92 Å². The smallest absolute Gasteiger partial charge is 0.164 e. The molecule has 0 spiro atoms. The summed E-state index contributed by atoms with van der Waals surface area (Å²) in [4.78, 5) is 15.0. The molecule has 76 heavy (non-hydrogen) atoms. The fourth-order valence-corrected chi connectivity index (χ4v) is 11.7. The van der Waals surface area contributed by atoms with Gasteiger partial charge in [0.1, 0.15) is 0 Å². The van der Waals surface area contributed by atoms with Gasteiger partial charge in [0.2, 0.25) is 0 Å². The highest BCUT2D eigenvalue weighted by Crippen LogP contribution is 2.42. The van der Waals surface area contributed by atoms with Gasteiger partial charge < -0.3 is 13.7 Å². The molecule has 0 saturated carbocycles. The lowest BCUT2D eigenvalue weighted by Gasteiger charge is -2.15. The zero-order valence-corrected chi connectivity index (χ0v) is 41.7. The summed E-state index contributed by atoms with van der Waals surface area (Å²) in [6.07, 6.45) is 8.04. The van der Waals surface area contributed by atoms with Gasteiger partial charge in [0.15, 0.2) is 17.5 Å². The van der Waals surface area contributed by atoms with E-state index >= 15 is 0 Å². The van der Waals surface area contributed by atoms with Crippen molar-refractivity contribution in [1.29, 1.82) is 0 Å². The molecular formula is C70H48N6. The number of aromatic nitrogens is 6. The van der Waals surface area contributed by atoms with Crippen LogP contribution in [0.5, 0.6) is 0 Å². The van der Waals surface area contributed by atoms with E-state index in [1.165, 1.54) is 82.3 Å². The molecule has 1 aliphatic rings. The predicted octanol–water partition coefficient (Wildman–Crippen LogP) is 17.9. The maximum Gasteiger partial charge on any atom is 0.164 e. The van der Waals surface area contributed by atoms with Gasteiger partial charge in [0.25, 0.3) is 0 Å². The lowest BCUT2D eigenvalue weighted by molar-refractivity contribution is 0.735. The Hall–Kier alpha value is -9.91. The lowest BCUT2D eigenvalue weighted by atomic mass is 9.98. The third-order valence-corrected chi connectivity index (χ3v) is 15.4. The van der Waals surface area contributed by atoms with Gasteiger partial charge in [-0.1, -0.05) is 159 Å². The van der Waals surface area contributed by atoms with Crippen molar-refractivity contribution in [2.45, 2.75) is 13.3 Å².